The van der Waals surface area contributed by atoms with Crippen LogP contribution in [0.4, 0.5) is 0 Å². The van der Waals surface area contributed by atoms with Crippen molar-refractivity contribution >= 4 is 22.6 Å². The highest BCUT2D eigenvalue weighted by Crippen LogP contribution is 2.69. The van der Waals surface area contributed by atoms with Crippen molar-refractivity contribution in [2.24, 2.45) is 22.7 Å². The van der Waals surface area contributed by atoms with Crippen LogP contribution in [-0.4, -0.2) is 0 Å². The molecule has 1 heteroatoms. The lowest BCUT2D eigenvalue weighted by Gasteiger charge is -2.57. The van der Waals surface area contributed by atoms with Gasteiger partial charge in [-0.1, -0.05) is 26.8 Å². The summed E-state index contributed by atoms with van der Waals surface area (Å²) in [5, 5.41) is 0. The second-order valence-corrected chi connectivity index (χ2v) is 10.0. The molecule has 2 saturated carbocycles. The largest absolute Gasteiger partial charge is 0.0620 e. The molecular formula is C21H29I. The van der Waals surface area contributed by atoms with Gasteiger partial charge in [0.2, 0.25) is 0 Å². The second kappa shape index (κ2) is 4.97. The Labute approximate surface area is 149 Å². The average molecular weight is 408 g/mol. The van der Waals surface area contributed by atoms with Gasteiger partial charge in [-0.3, -0.25) is 0 Å². The average Bonchev–Trinajstić information content (AvgIpc) is 2.73. The summed E-state index contributed by atoms with van der Waals surface area (Å²) in [6, 6.07) is 5.02. The van der Waals surface area contributed by atoms with E-state index in [1.807, 2.05) is 0 Å². The highest BCUT2D eigenvalue weighted by molar-refractivity contribution is 14.1. The fraction of sp³-hybridized carbons (Fsp3) is 0.714. The van der Waals surface area contributed by atoms with E-state index >= 15 is 0 Å². The number of rotatable bonds is 0. The Kier molecular flexibility index (Phi) is 3.50. The van der Waals surface area contributed by atoms with E-state index in [0.717, 1.165) is 17.8 Å². The molecule has 0 spiro atoms. The van der Waals surface area contributed by atoms with Gasteiger partial charge in [-0.25, -0.2) is 0 Å². The second-order valence-electron chi connectivity index (χ2n) is 8.87. The van der Waals surface area contributed by atoms with Crippen LogP contribution in [-0.2, 0) is 6.42 Å². The summed E-state index contributed by atoms with van der Waals surface area (Å²) in [5.74, 6) is 2.67. The summed E-state index contributed by atoms with van der Waals surface area (Å²) in [4.78, 5) is 0. The van der Waals surface area contributed by atoms with Crippen molar-refractivity contribution in [2.45, 2.75) is 72.1 Å². The number of hydrogen-bond acceptors (Lipinski definition) is 0. The molecule has 4 rings (SSSR count). The molecule has 3 aliphatic rings. The number of aryl methyl sites for hydroxylation is 2. The molecular weight excluding hydrogens is 379 g/mol. The lowest BCUT2D eigenvalue weighted by molar-refractivity contribution is -0.0505. The number of benzene rings is 1. The molecule has 0 radical (unpaired) electrons. The molecule has 0 bridgehead atoms. The fourth-order valence-corrected chi connectivity index (χ4v) is 6.94. The molecule has 0 aromatic heterocycles. The highest BCUT2D eigenvalue weighted by atomic mass is 127. The predicted octanol–water partition coefficient (Wildman–Crippen LogP) is 6.48. The van der Waals surface area contributed by atoms with Crippen molar-refractivity contribution in [3.05, 3.63) is 32.4 Å². The van der Waals surface area contributed by atoms with E-state index in [1.165, 1.54) is 47.7 Å². The molecule has 0 saturated heterocycles. The van der Waals surface area contributed by atoms with Crippen molar-refractivity contribution < 1.29 is 0 Å². The molecule has 1 aromatic carbocycles. The van der Waals surface area contributed by atoms with Crippen LogP contribution in [0.25, 0.3) is 0 Å². The molecule has 5 atom stereocenters. The zero-order valence-corrected chi connectivity index (χ0v) is 16.7. The smallest absolute Gasteiger partial charge is 0.0162 e. The van der Waals surface area contributed by atoms with Crippen LogP contribution in [0.1, 0.15) is 75.5 Å². The molecule has 0 amide bonds. The molecule has 2 fully saturated rings. The van der Waals surface area contributed by atoms with Gasteiger partial charge in [-0.05, 0) is 119 Å². The molecule has 0 nitrogen and oxygen atoms in total. The Morgan fingerprint density at radius 2 is 1.77 bits per heavy atom. The standard InChI is InChI=1S/C21H29I/c1-13-11-15-5-6-18-16(17(15)12-19(13)22)8-10-20(3)14(2)7-9-21(18,20)4/h11-12,14,16,18H,5-10H2,1-4H3/t14-,16+,18+,20+,21-/m0/s1. The first kappa shape index (κ1) is 15.5. The normalized spacial score (nSPS) is 43.4. The van der Waals surface area contributed by atoms with Crippen LogP contribution in [0.15, 0.2) is 12.1 Å². The van der Waals surface area contributed by atoms with Gasteiger partial charge in [0.25, 0.3) is 0 Å². The molecule has 120 valence electrons. The van der Waals surface area contributed by atoms with Gasteiger partial charge in [-0.15, -0.1) is 0 Å². The number of hydrogen-bond donors (Lipinski definition) is 0. The lowest BCUT2D eigenvalue weighted by Crippen LogP contribution is -2.49. The molecule has 0 unspecified atom stereocenters. The number of halogens is 1. The Balaban J connectivity index is 1.78. The van der Waals surface area contributed by atoms with Gasteiger partial charge < -0.3 is 0 Å². The quantitative estimate of drug-likeness (QED) is 0.431. The number of fused-ring (bicyclic) bond motifs is 5. The van der Waals surface area contributed by atoms with Crippen LogP contribution in [0, 0.1) is 33.2 Å². The SMILES string of the molecule is Cc1cc2c(cc1I)[C@H]1CC[C@]3(C)[C@@H](C)CC[C@@]3(C)[C@@H]1CC2. The Morgan fingerprint density at radius 3 is 2.55 bits per heavy atom. The minimum atomic E-state index is 0.573. The van der Waals surface area contributed by atoms with Crippen LogP contribution < -0.4 is 0 Å². The maximum Gasteiger partial charge on any atom is 0.0162 e. The molecule has 0 N–H and O–H groups in total. The topological polar surface area (TPSA) is 0 Å². The predicted molar refractivity (Wildman–Crippen MR) is 102 cm³/mol. The molecule has 22 heavy (non-hydrogen) atoms. The van der Waals surface area contributed by atoms with Crippen molar-refractivity contribution in [1.29, 1.82) is 0 Å². The third-order valence-corrected chi connectivity index (χ3v) is 9.47. The van der Waals surface area contributed by atoms with Crippen LogP contribution in [0.2, 0.25) is 0 Å². The van der Waals surface area contributed by atoms with Crippen LogP contribution in [0.3, 0.4) is 0 Å². The molecule has 3 aliphatic carbocycles. The van der Waals surface area contributed by atoms with Gasteiger partial charge in [0, 0.05) is 3.57 Å². The summed E-state index contributed by atoms with van der Waals surface area (Å²) in [5.41, 5.74) is 6.01. The summed E-state index contributed by atoms with van der Waals surface area (Å²) in [7, 11) is 0. The van der Waals surface area contributed by atoms with E-state index in [1.54, 1.807) is 11.1 Å². The van der Waals surface area contributed by atoms with E-state index in [4.69, 9.17) is 0 Å². The first-order valence-corrected chi connectivity index (χ1v) is 10.2. The third-order valence-electron chi connectivity index (χ3n) is 8.31. The lowest BCUT2D eigenvalue weighted by atomic mass is 9.47. The molecule has 1 aromatic rings. The summed E-state index contributed by atoms with van der Waals surface area (Å²) < 4.78 is 1.47. The Bertz CT molecular complexity index is 619. The molecule has 0 aliphatic heterocycles. The van der Waals surface area contributed by atoms with Gasteiger partial charge >= 0.3 is 0 Å². The summed E-state index contributed by atoms with van der Waals surface area (Å²) >= 11 is 2.53. The first-order chi connectivity index (χ1) is 10.4. The van der Waals surface area contributed by atoms with Gasteiger partial charge in [0.15, 0.2) is 0 Å². The van der Waals surface area contributed by atoms with E-state index in [-0.39, 0.29) is 0 Å². The monoisotopic (exact) mass is 408 g/mol. The summed E-state index contributed by atoms with van der Waals surface area (Å²) in [6.07, 6.45) is 8.52. The van der Waals surface area contributed by atoms with Crippen LogP contribution in [0.5, 0.6) is 0 Å². The van der Waals surface area contributed by atoms with E-state index in [0.29, 0.717) is 10.8 Å². The minimum absolute atomic E-state index is 0.573. The Morgan fingerprint density at radius 1 is 1.05 bits per heavy atom. The maximum absolute atomic E-state index is 2.65. The highest BCUT2D eigenvalue weighted by Gasteiger charge is 2.60. The van der Waals surface area contributed by atoms with Crippen molar-refractivity contribution in [3.8, 4) is 0 Å². The summed E-state index contributed by atoms with van der Waals surface area (Å²) in [6.45, 7) is 10.1. The molecule has 0 heterocycles. The van der Waals surface area contributed by atoms with Crippen LogP contribution >= 0.6 is 22.6 Å². The Hall–Kier alpha value is -0.0500. The van der Waals surface area contributed by atoms with Crippen molar-refractivity contribution in [3.63, 3.8) is 0 Å². The zero-order valence-electron chi connectivity index (χ0n) is 14.5. The van der Waals surface area contributed by atoms with Gasteiger partial charge in [0.1, 0.15) is 0 Å². The maximum atomic E-state index is 2.65. The van der Waals surface area contributed by atoms with Gasteiger partial charge in [-0.2, -0.15) is 0 Å². The van der Waals surface area contributed by atoms with Crippen molar-refractivity contribution in [2.75, 3.05) is 0 Å². The van der Waals surface area contributed by atoms with Crippen molar-refractivity contribution in [1.82, 2.24) is 0 Å². The third kappa shape index (κ3) is 1.87. The minimum Gasteiger partial charge on any atom is -0.0620 e. The van der Waals surface area contributed by atoms with E-state index in [9.17, 15) is 0 Å². The fourth-order valence-electron chi connectivity index (χ4n) is 6.45. The van der Waals surface area contributed by atoms with E-state index < -0.39 is 0 Å². The zero-order chi connectivity index (χ0) is 15.7. The van der Waals surface area contributed by atoms with E-state index in [2.05, 4.69) is 62.4 Å². The van der Waals surface area contributed by atoms with Gasteiger partial charge in [0.05, 0.1) is 0 Å². The first-order valence-electron chi connectivity index (χ1n) is 9.16.